The van der Waals surface area contributed by atoms with Gasteiger partial charge < -0.3 is 24.6 Å². The maximum absolute atomic E-state index is 13.9. The Morgan fingerprint density at radius 2 is 1.62 bits per heavy atom. The third kappa shape index (κ3) is 7.82. The number of hydrogen-bond acceptors (Lipinski definition) is 6. The summed E-state index contributed by atoms with van der Waals surface area (Å²) in [7, 11) is 0. The fraction of sp³-hybridized carbons (Fsp3) is 0.567. The number of nitrogens with one attached hydrogen (secondary N) is 1. The predicted octanol–water partition coefficient (Wildman–Crippen LogP) is 5.76. The fourth-order valence-electron chi connectivity index (χ4n) is 4.91. The molecule has 2 aliphatic heterocycles. The zero-order valence-electron chi connectivity index (χ0n) is 23.8. The highest BCUT2D eigenvalue weighted by Crippen LogP contribution is 2.33. The summed E-state index contributed by atoms with van der Waals surface area (Å²) in [5.74, 6) is -2.54. The smallest absolute Gasteiger partial charge is 0.410 e. The molecule has 1 aromatic carbocycles. The van der Waals surface area contributed by atoms with Crippen LogP contribution in [-0.4, -0.2) is 65.8 Å². The number of carbonyl (C=O) groups is 2. The molecule has 4 rings (SSSR count). The molecule has 2 aromatic rings. The molecule has 2 saturated heterocycles. The number of nitrogens with zero attached hydrogens (tertiary/aromatic N) is 3. The largest absolute Gasteiger partial charge is 0.474 e. The summed E-state index contributed by atoms with van der Waals surface area (Å²) in [5, 5.41) is 3.03. The van der Waals surface area contributed by atoms with E-state index in [4.69, 9.17) is 9.47 Å². The van der Waals surface area contributed by atoms with E-state index < -0.39 is 11.5 Å². The molecule has 40 heavy (non-hydrogen) atoms. The monoisotopic (exact) mass is 558 g/mol. The van der Waals surface area contributed by atoms with Gasteiger partial charge in [-0.1, -0.05) is 19.1 Å². The lowest BCUT2D eigenvalue weighted by Gasteiger charge is -2.34. The van der Waals surface area contributed by atoms with Crippen LogP contribution in [0.25, 0.3) is 0 Å². The summed E-state index contributed by atoms with van der Waals surface area (Å²) in [6, 6.07) is 9.93. The minimum absolute atomic E-state index is 0.0118. The first-order chi connectivity index (χ1) is 18.9. The van der Waals surface area contributed by atoms with Crippen LogP contribution in [-0.2, 0) is 10.7 Å². The molecule has 0 atom stereocenters. The van der Waals surface area contributed by atoms with Gasteiger partial charge in [0.05, 0.1) is 5.56 Å². The fourth-order valence-corrected chi connectivity index (χ4v) is 4.91. The van der Waals surface area contributed by atoms with Crippen LogP contribution in [0.3, 0.4) is 0 Å². The Balaban J connectivity index is 1.20. The van der Waals surface area contributed by atoms with Crippen molar-refractivity contribution in [2.24, 2.45) is 0 Å². The number of carbonyl (C=O) groups excluding carboxylic acids is 2. The Morgan fingerprint density at radius 1 is 0.975 bits per heavy atom. The molecule has 0 bridgehead atoms. The van der Waals surface area contributed by atoms with Crippen LogP contribution in [0.5, 0.6) is 5.88 Å². The van der Waals surface area contributed by atoms with E-state index in [0.29, 0.717) is 37.4 Å². The second-order valence-corrected chi connectivity index (χ2v) is 11.5. The molecule has 0 radical (unpaired) electrons. The number of benzene rings is 1. The third-order valence-corrected chi connectivity index (χ3v) is 7.31. The summed E-state index contributed by atoms with van der Waals surface area (Å²) >= 11 is 0. The van der Waals surface area contributed by atoms with Crippen LogP contribution in [0.4, 0.5) is 19.3 Å². The van der Waals surface area contributed by atoms with Crippen LogP contribution in [0.15, 0.2) is 42.6 Å². The number of likely N-dealkylation sites (tertiary alicyclic amines) is 1. The van der Waals surface area contributed by atoms with Crippen LogP contribution >= 0.6 is 0 Å². The number of pyridine rings is 1. The van der Waals surface area contributed by atoms with E-state index in [-0.39, 0.29) is 36.1 Å². The second kappa shape index (κ2) is 12.4. The third-order valence-electron chi connectivity index (χ3n) is 7.31. The highest BCUT2D eigenvalue weighted by molar-refractivity contribution is 5.94. The number of piperidine rings is 2. The van der Waals surface area contributed by atoms with Crippen molar-refractivity contribution in [3.05, 3.63) is 53.7 Å². The molecule has 2 fully saturated rings. The standard InChI is InChI=1S/C30H40F2N4O4/c1-5-30(31,32)22-7-9-24(10-8-22)35-18-14-25(15-19-35)39-26-11-6-21(20-33-26)27(37)34-23-12-16-36(17-13-23)28(38)40-29(2,3)4/h6-11,20,23,25H,5,12-19H2,1-4H3,(H,34,37). The van der Waals surface area contributed by atoms with Crippen molar-refractivity contribution in [2.45, 2.75) is 83.5 Å². The summed E-state index contributed by atoms with van der Waals surface area (Å²) < 4.78 is 39.3. The van der Waals surface area contributed by atoms with Gasteiger partial charge in [-0.05, 0) is 51.8 Å². The van der Waals surface area contributed by atoms with E-state index in [1.54, 1.807) is 29.2 Å². The van der Waals surface area contributed by atoms with Gasteiger partial charge in [0.2, 0.25) is 5.88 Å². The van der Waals surface area contributed by atoms with Crippen molar-refractivity contribution in [3.8, 4) is 5.88 Å². The molecule has 1 aromatic heterocycles. The molecule has 0 unspecified atom stereocenters. The van der Waals surface area contributed by atoms with Crippen molar-refractivity contribution >= 4 is 17.7 Å². The molecule has 218 valence electrons. The Hall–Kier alpha value is -3.43. The molecule has 2 amide bonds. The number of halogens is 2. The molecule has 0 aliphatic carbocycles. The summed E-state index contributed by atoms with van der Waals surface area (Å²) in [6.45, 7) is 9.57. The number of anilines is 1. The maximum atomic E-state index is 13.9. The Bertz CT molecular complexity index is 1140. The summed E-state index contributed by atoms with van der Waals surface area (Å²) in [5.41, 5.74) is 0.893. The van der Waals surface area contributed by atoms with Crippen LogP contribution in [0.2, 0.25) is 0 Å². The number of aromatic nitrogens is 1. The molecule has 0 saturated carbocycles. The molecule has 8 nitrogen and oxygen atoms in total. The van der Waals surface area contributed by atoms with Crippen LogP contribution in [0.1, 0.15) is 75.7 Å². The second-order valence-electron chi connectivity index (χ2n) is 11.5. The maximum Gasteiger partial charge on any atom is 0.410 e. The summed E-state index contributed by atoms with van der Waals surface area (Å²) in [6.07, 6.45) is 3.84. The lowest BCUT2D eigenvalue weighted by molar-refractivity contribution is -0.00830. The van der Waals surface area contributed by atoms with Crippen molar-refractivity contribution < 1.29 is 27.8 Å². The van der Waals surface area contributed by atoms with Crippen molar-refractivity contribution in [3.63, 3.8) is 0 Å². The van der Waals surface area contributed by atoms with E-state index in [1.165, 1.54) is 25.3 Å². The SMILES string of the molecule is CCC(F)(F)c1ccc(N2CCC(Oc3ccc(C(=O)NC4CCN(C(=O)OC(C)(C)C)CC4)cn3)CC2)cc1. The topological polar surface area (TPSA) is 84.0 Å². The van der Waals surface area contributed by atoms with E-state index in [2.05, 4.69) is 15.2 Å². The quantitative estimate of drug-likeness (QED) is 0.465. The Kier molecular flexibility index (Phi) is 9.15. The number of alkyl halides is 2. The lowest BCUT2D eigenvalue weighted by Crippen LogP contribution is -2.47. The first kappa shape index (κ1) is 29.6. The average Bonchev–Trinajstić information content (AvgIpc) is 2.93. The molecule has 1 N–H and O–H groups in total. The first-order valence-electron chi connectivity index (χ1n) is 14.1. The highest BCUT2D eigenvalue weighted by atomic mass is 19.3. The van der Waals surface area contributed by atoms with Gasteiger partial charge in [-0.25, -0.2) is 18.6 Å². The zero-order valence-corrected chi connectivity index (χ0v) is 23.8. The summed E-state index contributed by atoms with van der Waals surface area (Å²) in [4.78, 5) is 33.2. The van der Waals surface area contributed by atoms with Crippen LogP contribution < -0.4 is 15.0 Å². The van der Waals surface area contributed by atoms with Crippen LogP contribution in [0, 0.1) is 0 Å². The van der Waals surface area contributed by atoms with Gasteiger partial charge >= 0.3 is 6.09 Å². The molecule has 0 spiro atoms. The number of ether oxygens (including phenoxy) is 2. The zero-order chi connectivity index (χ0) is 28.9. The minimum Gasteiger partial charge on any atom is -0.474 e. The van der Waals surface area contributed by atoms with Crippen molar-refractivity contribution in [1.82, 2.24) is 15.2 Å². The first-order valence-corrected chi connectivity index (χ1v) is 14.1. The van der Waals surface area contributed by atoms with Crippen molar-refractivity contribution in [1.29, 1.82) is 0 Å². The van der Waals surface area contributed by atoms with Gasteiger partial charge in [-0.15, -0.1) is 0 Å². The molecule has 10 heteroatoms. The van der Waals surface area contributed by atoms with Gasteiger partial charge in [-0.2, -0.15) is 0 Å². The van der Waals surface area contributed by atoms with E-state index in [9.17, 15) is 18.4 Å². The Morgan fingerprint density at radius 3 is 2.17 bits per heavy atom. The number of amides is 2. The van der Waals surface area contributed by atoms with E-state index in [0.717, 1.165) is 31.6 Å². The minimum atomic E-state index is -2.80. The Labute approximate surface area is 235 Å². The lowest BCUT2D eigenvalue weighted by atomic mass is 10.0. The molecule has 3 heterocycles. The average molecular weight is 559 g/mol. The molecular formula is C30H40F2N4O4. The number of rotatable bonds is 7. The number of hydrogen-bond donors (Lipinski definition) is 1. The highest BCUT2D eigenvalue weighted by Gasteiger charge is 2.30. The van der Waals surface area contributed by atoms with Crippen molar-refractivity contribution in [2.75, 3.05) is 31.1 Å². The van der Waals surface area contributed by atoms with Gasteiger partial charge in [0, 0.05) is 75.0 Å². The normalized spacial score (nSPS) is 17.4. The van der Waals surface area contributed by atoms with Gasteiger partial charge in [0.1, 0.15) is 11.7 Å². The predicted molar refractivity (Wildman–Crippen MR) is 149 cm³/mol. The van der Waals surface area contributed by atoms with E-state index in [1.807, 2.05) is 20.8 Å². The van der Waals surface area contributed by atoms with E-state index >= 15 is 0 Å². The molecule has 2 aliphatic rings. The molecular weight excluding hydrogens is 518 g/mol. The van der Waals surface area contributed by atoms with Gasteiger partial charge in [-0.3, -0.25) is 4.79 Å². The van der Waals surface area contributed by atoms with Gasteiger partial charge in [0.15, 0.2) is 0 Å². The van der Waals surface area contributed by atoms with Gasteiger partial charge in [0.25, 0.3) is 11.8 Å².